The zero-order chi connectivity index (χ0) is 16.8. The maximum atomic E-state index is 12.4. The van der Waals surface area contributed by atoms with Gasteiger partial charge in [-0.25, -0.2) is 0 Å². The van der Waals surface area contributed by atoms with Crippen LogP contribution in [-0.2, 0) is 11.3 Å². The first-order chi connectivity index (χ1) is 11.1. The van der Waals surface area contributed by atoms with E-state index in [0.717, 1.165) is 24.8 Å². The van der Waals surface area contributed by atoms with Gasteiger partial charge in [0.1, 0.15) is 17.2 Å². The topological polar surface area (TPSA) is 82.8 Å². The number of rotatable bonds is 7. The first-order valence-corrected chi connectivity index (χ1v) is 7.91. The second-order valence-electron chi connectivity index (χ2n) is 5.76. The number of hydrogen-bond acceptors (Lipinski definition) is 5. The van der Waals surface area contributed by atoms with Gasteiger partial charge in [0.15, 0.2) is 0 Å². The predicted octanol–water partition coefficient (Wildman–Crippen LogP) is 2.13. The zero-order valence-electron chi connectivity index (χ0n) is 14.5. The molecule has 0 radical (unpaired) electrons. The van der Waals surface area contributed by atoms with Crippen molar-refractivity contribution in [3.05, 3.63) is 17.7 Å². The van der Waals surface area contributed by atoms with Crippen LogP contribution < -0.4 is 25.3 Å². The number of ether oxygens (including phenoxy) is 3. The molecule has 1 amide bonds. The Kier molecular flexibility index (Phi) is 8.15. The van der Waals surface area contributed by atoms with Crippen molar-refractivity contribution in [1.29, 1.82) is 0 Å². The number of benzene rings is 1. The van der Waals surface area contributed by atoms with Gasteiger partial charge in [0.2, 0.25) is 5.91 Å². The Labute approximate surface area is 149 Å². The largest absolute Gasteiger partial charge is 0.496 e. The van der Waals surface area contributed by atoms with E-state index in [1.54, 1.807) is 33.5 Å². The highest BCUT2D eigenvalue weighted by atomic mass is 35.5. The van der Waals surface area contributed by atoms with E-state index in [1.165, 1.54) is 0 Å². The quantitative estimate of drug-likeness (QED) is 0.780. The van der Waals surface area contributed by atoms with Crippen molar-refractivity contribution in [2.45, 2.75) is 25.8 Å². The molecule has 136 valence electrons. The molecular formula is C17H27ClN2O4. The van der Waals surface area contributed by atoms with Crippen LogP contribution in [0.3, 0.4) is 0 Å². The number of carbonyl (C=O) groups excluding carboxylic acids is 1. The van der Waals surface area contributed by atoms with Crippen LogP contribution in [0.5, 0.6) is 17.2 Å². The smallest absolute Gasteiger partial charge is 0.223 e. The molecule has 24 heavy (non-hydrogen) atoms. The summed E-state index contributed by atoms with van der Waals surface area (Å²) in [5, 5.41) is 3.00. The fourth-order valence-electron chi connectivity index (χ4n) is 3.22. The van der Waals surface area contributed by atoms with Gasteiger partial charge in [-0.3, -0.25) is 4.79 Å². The van der Waals surface area contributed by atoms with Crippen LogP contribution in [0.25, 0.3) is 0 Å². The molecular weight excluding hydrogens is 332 g/mol. The summed E-state index contributed by atoms with van der Waals surface area (Å²) in [7, 11) is 4.75. The predicted molar refractivity (Wildman–Crippen MR) is 95.1 cm³/mol. The van der Waals surface area contributed by atoms with E-state index in [9.17, 15) is 4.79 Å². The molecule has 0 saturated heterocycles. The Morgan fingerprint density at radius 2 is 1.79 bits per heavy atom. The van der Waals surface area contributed by atoms with Crippen LogP contribution in [-0.4, -0.2) is 33.8 Å². The van der Waals surface area contributed by atoms with Gasteiger partial charge in [0.25, 0.3) is 0 Å². The Balaban J connectivity index is 0.00000288. The van der Waals surface area contributed by atoms with Crippen LogP contribution in [0, 0.1) is 11.8 Å². The summed E-state index contributed by atoms with van der Waals surface area (Å²) in [4.78, 5) is 12.4. The van der Waals surface area contributed by atoms with E-state index < -0.39 is 0 Å². The molecule has 0 bridgehead atoms. The van der Waals surface area contributed by atoms with Gasteiger partial charge in [-0.05, 0) is 25.3 Å². The normalized spacial score (nSPS) is 19.3. The fraction of sp³-hybridized carbons (Fsp3) is 0.588. The second kappa shape index (κ2) is 9.59. The minimum Gasteiger partial charge on any atom is -0.496 e. The summed E-state index contributed by atoms with van der Waals surface area (Å²) >= 11 is 0. The van der Waals surface area contributed by atoms with Crippen molar-refractivity contribution in [1.82, 2.24) is 5.32 Å². The van der Waals surface area contributed by atoms with E-state index in [0.29, 0.717) is 30.3 Å². The average Bonchev–Trinajstić information content (AvgIpc) is 3.07. The van der Waals surface area contributed by atoms with Gasteiger partial charge in [-0.15, -0.1) is 12.4 Å². The van der Waals surface area contributed by atoms with Gasteiger partial charge in [-0.2, -0.15) is 0 Å². The molecule has 1 aromatic rings. The Hall–Kier alpha value is -1.66. The minimum atomic E-state index is 0. The molecule has 1 aliphatic carbocycles. The number of nitrogens with two attached hydrogens (primary N) is 1. The van der Waals surface area contributed by atoms with E-state index in [-0.39, 0.29) is 30.2 Å². The number of halogens is 1. The van der Waals surface area contributed by atoms with Crippen molar-refractivity contribution in [2.24, 2.45) is 17.6 Å². The number of carbonyl (C=O) groups is 1. The highest BCUT2D eigenvalue weighted by molar-refractivity contribution is 5.85. The molecule has 0 aliphatic heterocycles. The molecule has 0 unspecified atom stereocenters. The fourth-order valence-corrected chi connectivity index (χ4v) is 3.22. The molecule has 0 aromatic heterocycles. The van der Waals surface area contributed by atoms with Crippen LogP contribution >= 0.6 is 12.4 Å². The number of amides is 1. The lowest BCUT2D eigenvalue weighted by atomic mass is 9.95. The molecule has 6 nitrogen and oxygen atoms in total. The Morgan fingerprint density at radius 1 is 1.17 bits per heavy atom. The highest BCUT2D eigenvalue weighted by Gasteiger charge is 2.31. The van der Waals surface area contributed by atoms with Gasteiger partial charge >= 0.3 is 0 Å². The maximum Gasteiger partial charge on any atom is 0.223 e. The SMILES string of the molecule is COc1cc(OC)c(CNC(=O)[C@@H]2CCC[C@@H]2CN)c(OC)c1.Cl. The summed E-state index contributed by atoms with van der Waals surface area (Å²) in [6.45, 7) is 0.913. The lowest BCUT2D eigenvalue weighted by molar-refractivity contribution is -0.126. The zero-order valence-corrected chi connectivity index (χ0v) is 15.3. The molecule has 0 spiro atoms. The number of hydrogen-bond donors (Lipinski definition) is 2. The van der Waals surface area contributed by atoms with Crippen LogP contribution in [0.1, 0.15) is 24.8 Å². The Morgan fingerprint density at radius 3 is 2.29 bits per heavy atom. The standard InChI is InChI=1S/C17H26N2O4.ClH/c1-21-12-7-15(22-2)14(16(8-12)23-3)10-19-17(20)13-6-4-5-11(13)9-18;/h7-8,11,13H,4-6,9-10,18H2,1-3H3,(H,19,20);1H/t11-,13-;/m1./s1. The third-order valence-corrected chi connectivity index (χ3v) is 4.56. The van der Waals surface area contributed by atoms with Crippen molar-refractivity contribution >= 4 is 18.3 Å². The van der Waals surface area contributed by atoms with Gasteiger partial charge in [0.05, 0.1) is 33.4 Å². The minimum absolute atomic E-state index is 0. The summed E-state index contributed by atoms with van der Waals surface area (Å²) in [5.41, 5.74) is 6.56. The third kappa shape index (κ3) is 4.45. The molecule has 1 aliphatic rings. The third-order valence-electron chi connectivity index (χ3n) is 4.56. The molecule has 2 rings (SSSR count). The van der Waals surface area contributed by atoms with Crippen molar-refractivity contribution < 1.29 is 19.0 Å². The summed E-state index contributed by atoms with van der Waals surface area (Å²) in [6, 6.07) is 3.56. The molecule has 7 heteroatoms. The number of nitrogens with one attached hydrogen (secondary N) is 1. The van der Waals surface area contributed by atoms with E-state index in [2.05, 4.69) is 5.32 Å². The summed E-state index contributed by atoms with van der Waals surface area (Å²) in [6.07, 6.45) is 3.00. The first kappa shape index (κ1) is 20.4. The van der Waals surface area contributed by atoms with E-state index in [1.807, 2.05) is 0 Å². The lowest BCUT2D eigenvalue weighted by Gasteiger charge is -2.19. The summed E-state index contributed by atoms with van der Waals surface area (Å²) < 4.78 is 16.0. The number of methoxy groups -OCH3 is 3. The lowest BCUT2D eigenvalue weighted by Crippen LogP contribution is -2.34. The second-order valence-corrected chi connectivity index (χ2v) is 5.76. The van der Waals surface area contributed by atoms with E-state index >= 15 is 0 Å². The maximum absolute atomic E-state index is 12.4. The van der Waals surface area contributed by atoms with Crippen LogP contribution in [0.4, 0.5) is 0 Å². The van der Waals surface area contributed by atoms with Crippen molar-refractivity contribution in [2.75, 3.05) is 27.9 Å². The Bertz CT molecular complexity index is 528. The highest BCUT2D eigenvalue weighted by Crippen LogP contribution is 2.35. The average molecular weight is 359 g/mol. The molecule has 1 saturated carbocycles. The van der Waals surface area contributed by atoms with Crippen LogP contribution in [0.15, 0.2) is 12.1 Å². The van der Waals surface area contributed by atoms with Gasteiger partial charge in [0, 0.05) is 18.1 Å². The molecule has 1 aromatic carbocycles. The monoisotopic (exact) mass is 358 g/mol. The van der Waals surface area contributed by atoms with Crippen molar-refractivity contribution in [3.63, 3.8) is 0 Å². The molecule has 3 N–H and O–H groups in total. The molecule has 1 fully saturated rings. The van der Waals surface area contributed by atoms with E-state index in [4.69, 9.17) is 19.9 Å². The molecule has 0 heterocycles. The van der Waals surface area contributed by atoms with Crippen LogP contribution in [0.2, 0.25) is 0 Å². The van der Waals surface area contributed by atoms with Crippen molar-refractivity contribution in [3.8, 4) is 17.2 Å². The van der Waals surface area contributed by atoms with Gasteiger partial charge in [-0.1, -0.05) is 6.42 Å². The summed E-state index contributed by atoms with van der Waals surface area (Å²) in [5.74, 6) is 2.25. The first-order valence-electron chi connectivity index (χ1n) is 7.91. The molecule has 2 atom stereocenters. The van der Waals surface area contributed by atoms with Gasteiger partial charge < -0.3 is 25.3 Å².